The molecule has 0 radical (unpaired) electrons. The van der Waals surface area contributed by atoms with Gasteiger partial charge in [-0.3, -0.25) is 4.79 Å². The smallest absolute Gasteiger partial charge is 0.241 e. The van der Waals surface area contributed by atoms with Crippen LogP contribution in [0.4, 0.5) is 5.82 Å². The average molecular weight is 276 g/mol. The molecule has 1 aliphatic carbocycles. The molecule has 0 bridgehead atoms. The standard InChI is InChI=1S/C15H24N4O/c1-4-19(11-15(20)18(2)3)14-8-5-12(10-17-14)9-16-13-6-7-13/h5,8,10,13,16H,4,6-7,9,11H2,1-3H3. The number of rotatable bonds is 7. The fourth-order valence-electron chi connectivity index (χ4n) is 1.92. The number of nitrogens with zero attached hydrogens (tertiary/aromatic N) is 3. The van der Waals surface area contributed by atoms with Crippen LogP contribution in [0.25, 0.3) is 0 Å². The highest BCUT2D eigenvalue weighted by Gasteiger charge is 2.20. The first-order valence-electron chi connectivity index (χ1n) is 7.23. The lowest BCUT2D eigenvalue weighted by molar-refractivity contribution is -0.127. The summed E-state index contributed by atoms with van der Waals surface area (Å²) in [5.41, 5.74) is 1.19. The molecule has 20 heavy (non-hydrogen) atoms. The van der Waals surface area contributed by atoms with Gasteiger partial charge in [-0.2, -0.15) is 0 Å². The van der Waals surface area contributed by atoms with E-state index in [9.17, 15) is 4.79 Å². The Balaban J connectivity index is 1.93. The van der Waals surface area contributed by atoms with Gasteiger partial charge in [0.2, 0.25) is 5.91 Å². The van der Waals surface area contributed by atoms with Crippen LogP contribution in [0, 0.1) is 0 Å². The molecule has 0 unspecified atom stereocenters. The van der Waals surface area contributed by atoms with Gasteiger partial charge in [0.15, 0.2) is 0 Å². The molecular weight excluding hydrogens is 252 g/mol. The molecule has 0 aromatic carbocycles. The third kappa shape index (κ3) is 4.20. The van der Waals surface area contributed by atoms with Crippen molar-refractivity contribution in [1.29, 1.82) is 0 Å². The Hall–Kier alpha value is -1.62. The third-order valence-corrected chi connectivity index (χ3v) is 3.51. The number of pyridine rings is 1. The van der Waals surface area contributed by atoms with Crippen LogP contribution in [0.1, 0.15) is 25.3 Å². The Morgan fingerprint density at radius 3 is 2.65 bits per heavy atom. The molecule has 0 saturated heterocycles. The Morgan fingerprint density at radius 1 is 1.40 bits per heavy atom. The van der Waals surface area contributed by atoms with Gasteiger partial charge in [-0.15, -0.1) is 0 Å². The van der Waals surface area contributed by atoms with Crippen molar-refractivity contribution in [3.05, 3.63) is 23.9 Å². The molecule has 1 aromatic rings. The first-order valence-corrected chi connectivity index (χ1v) is 7.23. The van der Waals surface area contributed by atoms with Crippen molar-refractivity contribution in [2.45, 2.75) is 32.4 Å². The highest BCUT2D eigenvalue weighted by molar-refractivity contribution is 5.80. The Bertz CT molecular complexity index is 440. The van der Waals surface area contributed by atoms with Gasteiger partial charge in [0, 0.05) is 39.4 Å². The van der Waals surface area contributed by atoms with Crippen LogP contribution in [-0.4, -0.2) is 49.0 Å². The van der Waals surface area contributed by atoms with E-state index in [0.29, 0.717) is 12.6 Å². The number of anilines is 1. The molecule has 2 rings (SSSR count). The number of carbonyl (C=O) groups is 1. The van der Waals surface area contributed by atoms with Gasteiger partial charge in [-0.25, -0.2) is 4.98 Å². The van der Waals surface area contributed by atoms with Crippen LogP contribution >= 0.6 is 0 Å². The predicted octanol–water partition coefficient (Wildman–Crippen LogP) is 1.25. The summed E-state index contributed by atoms with van der Waals surface area (Å²) in [6.45, 7) is 4.05. The number of amides is 1. The minimum atomic E-state index is 0.0909. The molecule has 110 valence electrons. The van der Waals surface area contributed by atoms with Gasteiger partial charge < -0.3 is 15.1 Å². The van der Waals surface area contributed by atoms with Crippen LogP contribution in [0.5, 0.6) is 0 Å². The van der Waals surface area contributed by atoms with Gasteiger partial charge in [0.1, 0.15) is 5.82 Å². The van der Waals surface area contributed by atoms with Crippen molar-refractivity contribution in [2.75, 3.05) is 32.1 Å². The molecular formula is C15H24N4O. The Morgan fingerprint density at radius 2 is 2.15 bits per heavy atom. The maximum atomic E-state index is 11.8. The molecule has 0 spiro atoms. The molecule has 1 fully saturated rings. The molecule has 5 heteroatoms. The number of hydrogen-bond acceptors (Lipinski definition) is 4. The molecule has 1 amide bonds. The van der Waals surface area contributed by atoms with E-state index >= 15 is 0 Å². The summed E-state index contributed by atoms with van der Waals surface area (Å²) in [6, 6.07) is 4.79. The molecule has 1 N–H and O–H groups in total. The highest BCUT2D eigenvalue weighted by atomic mass is 16.2. The quantitative estimate of drug-likeness (QED) is 0.814. The fraction of sp³-hybridized carbons (Fsp3) is 0.600. The lowest BCUT2D eigenvalue weighted by atomic mass is 10.2. The topological polar surface area (TPSA) is 48.5 Å². The molecule has 1 aromatic heterocycles. The monoisotopic (exact) mass is 276 g/mol. The van der Waals surface area contributed by atoms with E-state index in [1.807, 2.05) is 24.1 Å². The number of nitrogens with one attached hydrogen (secondary N) is 1. The third-order valence-electron chi connectivity index (χ3n) is 3.51. The normalized spacial score (nSPS) is 14.2. The van der Waals surface area contributed by atoms with Gasteiger partial charge >= 0.3 is 0 Å². The molecule has 0 atom stereocenters. The van der Waals surface area contributed by atoms with Gasteiger partial charge in [0.25, 0.3) is 0 Å². The molecule has 5 nitrogen and oxygen atoms in total. The van der Waals surface area contributed by atoms with E-state index in [1.54, 1.807) is 19.0 Å². The Kier molecular flexibility index (Phi) is 4.95. The molecule has 1 heterocycles. The predicted molar refractivity (Wildman–Crippen MR) is 80.7 cm³/mol. The second kappa shape index (κ2) is 6.70. The summed E-state index contributed by atoms with van der Waals surface area (Å²) in [4.78, 5) is 19.9. The number of aromatic nitrogens is 1. The van der Waals surface area contributed by atoms with Crippen molar-refractivity contribution in [1.82, 2.24) is 15.2 Å². The summed E-state index contributed by atoms with van der Waals surface area (Å²) in [5.74, 6) is 0.950. The maximum absolute atomic E-state index is 11.8. The lowest BCUT2D eigenvalue weighted by Crippen LogP contribution is -2.37. The SMILES string of the molecule is CCN(CC(=O)N(C)C)c1ccc(CNC2CC2)cn1. The van der Waals surface area contributed by atoms with Gasteiger partial charge in [-0.05, 0) is 31.4 Å². The minimum absolute atomic E-state index is 0.0909. The first-order chi connectivity index (χ1) is 9.60. The second-order valence-electron chi connectivity index (χ2n) is 5.48. The lowest BCUT2D eigenvalue weighted by Gasteiger charge is -2.23. The zero-order chi connectivity index (χ0) is 14.5. The zero-order valence-corrected chi connectivity index (χ0v) is 12.6. The summed E-state index contributed by atoms with van der Waals surface area (Å²) in [5, 5.41) is 3.47. The Labute approximate surface area is 121 Å². The average Bonchev–Trinajstić information content (AvgIpc) is 3.27. The van der Waals surface area contributed by atoms with Gasteiger partial charge in [0.05, 0.1) is 6.54 Å². The van der Waals surface area contributed by atoms with Crippen molar-refractivity contribution in [3.8, 4) is 0 Å². The highest BCUT2D eigenvalue weighted by Crippen LogP contribution is 2.19. The largest absolute Gasteiger partial charge is 0.348 e. The van der Waals surface area contributed by atoms with E-state index in [1.165, 1.54) is 18.4 Å². The number of hydrogen-bond donors (Lipinski definition) is 1. The van der Waals surface area contributed by atoms with E-state index in [-0.39, 0.29) is 5.91 Å². The summed E-state index contributed by atoms with van der Waals surface area (Å²) >= 11 is 0. The zero-order valence-electron chi connectivity index (χ0n) is 12.6. The van der Waals surface area contributed by atoms with Crippen LogP contribution < -0.4 is 10.2 Å². The van der Waals surface area contributed by atoms with Crippen LogP contribution in [0.3, 0.4) is 0 Å². The van der Waals surface area contributed by atoms with Crippen molar-refractivity contribution >= 4 is 11.7 Å². The molecule has 0 aliphatic heterocycles. The number of carbonyl (C=O) groups excluding carboxylic acids is 1. The minimum Gasteiger partial charge on any atom is -0.348 e. The molecule has 1 aliphatic rings. The van der Waals surface area contributed by atoms with Crippen molar-refractivity contribution in [3.63, 3.8) is 0 Å². The number of likely N-dealkylation sites (N-methyl/N-ethyl adjacent to an activating group) is 2. The van der Waals surface area contributed by atoms with E-state index in [4.69, 9.17) is 0 Å². The summed E-state index contributed by atoms with van der Waals surface area (Å²) in [7, 11) is 3.55. The van der Waals surface area contributed by atoms with E-state index < -0.39 is 0 Å². The van der Waals surface area contributed by atoms with Crippen LogP contribution in [0.15, 0.2) is 18.3 Å². The van der Waals surface area contributed by atoms with Crippen LogP contribution in [-0.2, 0) is 11.3 Å². The summed E-state index contributed by atoms with van der Waals surface area (Å²) in [6.07, 6.45) is 4.48. The second-order valence-corrected chi connectivity index (χ2v) is 5.48. The first kappa shape index (κ1) is 14.8. The van der Waals surface area contributed by atoms with E-state index in [0.717, 1.165) is 18.9 Å². The fourth-order valence-corrected chi connectivity index (χ4v) is 1.92. The van der Waals surface area contributed by atoms with Crippen molar-refractivity contribution in [2.24, 2.45) is 0 Å². The van der Waals surface area contributed by atoms with Crippen molar-refractivity contribution < 1.29 is 4.79 Å². The maximum Gasteiger partial charge on any atom is 0.241 e. The molecule has 1 saturated carbocycles. The van der Waals surface area contributed by atoms with Gasteiger partial charge in [-0.1, -0.05) is 6.07 Å². The summed E-state index contributed by atoms with van der Waals surface area (Å²) < 4.78 is 0. The van der Waals surface area contributed by atoms with Crippen LogP contribution in [0.2, 0.25) is 0 Å². The van der Waals surface area contributed by atoms with E-state index in [2.05, 4.69) is 16.4 Å².